The number of anilines is 1. The molecule has 0 aliphatic carbocycles. The number of amides is 2. The van der Waals surface area contributed by atoms with Crippen molar-refractivity contribution in [3.8, 4) is 0 Å². The van der Waals surface area contributed by atoms with E-state index in [2.05, 4.69) is 20.8 Å². The summed E-state index contributed by atoms with van der Waals surface area (Å²) in [6, 6.07) is 6.58. The number of aryl methyl sites for hydroxylation is 1. The smallest absolute Gasteiger partial charge is 0.358 e. The molecule has 2 amide bonds. The molecular formula is C17H16ClN7O4. The second kappa shape index (κ2) is 8.10. The van der Waals surface area contributed by atoms with Crippen LogP contribution in [0.5, 0.6) is 0 Å². The maximum Gasteiger partial charge on any atom is 0.408 e. The number of nitrogens with one attached hydrogen (secondary N) is 2. The first-order chi connectivity index (χ1) is 13.8. The van der Waals surface area contributed by atoms with Gasteiger partial charge in [-0.2, -0.15) is 9.78 Å². The van der Waals surface area contributed by atoms with Crippen LogP contribution in [0.3, 0.4) is 0 Å². The van der Waals surface area contributed by atoms with E-state index in [0.717, 1.165) is 5.56 Å². The molecule has 0 aliphatic heterocycles. The molecule has 3 aromatic rings. The molecule has 0 spiro atoms. The lowest BCUT2D eigenvalue weighted by Gasteiger charge is -2.06. The number of aromatic nitrogens is 4. The molecule has 0 saturated heterocycles. The first-order valence-electron chi connectivity index (χ1n) is 8.32. The van der Waals surface area contributed by atoms with Crippen LogP contribution in [-0.4, -0.2) is 43.3 Å². The van der Waals surface area contributed by atoms with E-state index in [0.29, 0.717) is 11.3 Å². The maximum atomic E-state index is 12.5. The van der Waals surface area contributed by atoms with Crippen LogP contribution in [0.4, 0.5) is 11.5 Å². The Morgan fingerprint density at radius 2 is 1.86 bits per heavy atom. The van der Waals surface area contributed by atoms with Gasteiger partial charge in [0.05, 0.1) is 23.5 Å². The van der Waals surface area contributed by atoms with Gasteiger partial charge in [0.2, 0.25) is 0 Å². The summed E-state index contributed by atoms with van der Waals surface area (Å²) in [6.45, 7) is 0.249. The zero-order chi connectivity index (χ0) is 21.1. The molecule has 2 N–H and O–H groups in total. The van der Waals surface area contributed by atoms with Gasteiger partial charge in [-0.15, -0.1) is 0 Å². The van der Waals surface area contributed by atoms with Crippen LogP contribution in [0, 0.1) is 10.1 Å². The first kappa shape index (κ1) is 20.0. The fourth-order valence-electron chi connectivity index (χ4n) is 2.60. The minimum Gasteiger partial charge on any atom is -0.358 e. The third-order valence-electron chi connectivity index (χ3n) is 3.95. The predicted molar refractivity (Wildman–Crippen MR) is 104 cm³/mol. The van der Waals surface area contributed by atoms with Crippen LogP contribution in [0.1, 0.15) is 26.4 Å². The highest BCUT2D eigenvalue weighted by molar-refractivity contribution is 6.32. The van der Waals surface area contributed by atoms with E-state index in [1.165, 1.54) is 28.8 Å². The lowest BCUT2D eigenvalue weighted by atomic mass is 10.1. The lowest BCUT2D eigenvalue weighted by molar-refractivity contribution is -0.389. The second-order valence-corrected chi connectivity index (χ2v) is 6.46. The highest BCUT2D eigenvalue weighted by Crippen LogP contribution is 2.22. The van der Waals surface area contributed by atoms with Crippen molar-refractivity contribution in [2.24, 2.45) is 7.05 Å². The van der Waals surface area contributed by atoms with Crippen LogP contribution in [0.15, 0.2) is 36.7 Å². The average Bonchev–Trinajstić information content (AvgIpc) is 3.23. The topological polar surface area (TPSA) is 137 Å². The highest BCUT2D eigenvalue weighted by atomic mass is 35.5. The van der Waals surface area contributed by atoms with Crippen LogP contribution in [0.2, 0.25) is 5.02 Å². The van der Waals surface area contributed by atoms with Crippen LogP contribution >= 0.6 is 11.6 Å². The summed E-state index contributed by atoms with van der Waals surface area (Å²) in [5.41, 5.74) is 1.53. The van der Waals surface area contributed by atoms with Gasteiger partial charge in [-0.25, -0.2) is 0 Å². The van der Waals surface area contributed by atoms with E-state index in [4.69, 9.17) is 11.6 Å². The normalized spacial score (nSPS) is 10.6. The van der Waals surface area contributed by atoms with Crippen molar-refractivity contribution in [1.82, 2.24) is 24.9 Å². The standard InChI is InChI=1S/C17H16ClN7O4/c1-19-17(27)14-13(9-23(2)21-14)20-16(26)11-5-3-10(4-6-11)7-24-8-12(18)15(22-24)25(28)29/h3-6,8-9H,7H2,1-2H3,(H,19,27)(H,20,26). The summed E-state index contributed by atoms with van der Waals surface area (Å²) in [6.07, 6.45) is 2.90. The number of halogens is 1. The Bertz CT molecular complexity index is 1090. The Labute approximate surface area is 169 Å². The van der Waals surface area contributed by atoms with E-state index >= 15 is 0 Å². The molecule has 0 fully saturated rings. The molecule has 2 heterocycles. The van der Waals surface area contributed by atoms with Gasteiger partial charge in [0.15, 0.2) is 10.7 Å². The van der Waals surface area contributed by atoms with Gasteiger partial charge < -0.3 is 20.7 Å². The average molecular weight is 418 g/mol. The summed E-state index contributed by atoms with van der Waals surface area (Å²) in [5.74, 6) is -1.23. The molecule has 0 saturated carbocycles. The molecular weight excluding hydrogens is 402 g/mol. The number of carbonyl (C=O) groups excluding carboxylic acids is 2. The predicted octanol–water partition coefficient (Wildman–Crippen LogP) is 1.84. The molecule has 150 valence electrons. The van der Waals surface area contributed by atoms with Gasteiger partial charge >= 0.3 is 5.82 Å². The summed E-state index contributed by atoms with van der Waals surface area (Å²) in [4.78, 5) is 34.5. The number of rotatable bonds is 6. The molecule has 2 aromatic heterocycles. The van der Waals surface area contributed by atoms with Gasteiger partial charge in [-0.1, -0.05) is 23.7 Å². The van der Waals surface area contributed by atoms with Gasteiger partial charge in [0.25, 0.3) is 11.8 Å². The second-order valence-electron chi connectivity index (χ2n) is 6.05. The van der Waals surface area contributed by atoms with Crippen molar-refractivity contribution < 1.29 is 14.5 Å². The van der Waals surface area contributed by atoms with Gasteiger partial charge in [-0.05, 0) is 22.6 Å². The van der Waals surface area contributed by atoms with Crippen molar-refractivity contribution >= 4 is 34.9 Å². The van der Waals surface area contributed by atoms with E-state index < -0.39 is 22.6 Å². The minimum absolute atomic E-state index is 0.0469. The van der Waals surface area contributed by atoms with Crippen molar-refractivity contribution in [3.63, 3.8) is 0 Å². The molecule has 0 bridgehead atoms. The quantitative estimate of drug-likeness (QED) is 0.463. The Hall–Kier alpha value is -3.73. The fourth-order valence-corrected chi connectivity index (χ4v) is 2.82. The Balaban J connectivity index is 1.72. The number of hydrogen-bond donors (Lipinski definition) is 2. The number of benzene rings is 1. The summed E-state index contributed by atoms with van der Waals surface area (Å²) in [5, 5.41) is 23.7. The number of nitrogens with zero attached hydrogens (tertiary/aromatic N) is 5. The van der Waals surface area contributed by atoms with Crippen molar-refractivity contribution in [1.29, 1.82) is 0 Å². The fraction of sp³-hybridized carbons (Fsp3) is 0.176. The van der Waals surface area contributed by atoms with Crippen molar-refractivity contribution in [3.05, 3.63) is 68.6 Å². The van der Waals surface area contributed by atoms with E-state index in [1.54, 1.807) is 31.3 Å². The molecule has 0 aliphatic rings. The third kappa shape index (κ3) is 4.41. The molecule has 29 heavy (non-hydrogen) atoms. The van der Waals surface area contributed by atoms with Crippen LogP contribution in [-0.2, 0) is 13.6 Å². The van der Waals surface area contributed by atoms with Gasteiger partial charge in [0.1, 0.15) is 0 Å². The van der Waals surface area contributed by atoms with Crippen molar-refractivity contribution in [2.75, 3.05) is 12.4 Å². The van der Waals surface area contributed by atoms with E-state index in [9.17, 15) is 19.7 Å². The summed E-state index contributed by atoms with van der Waals surface area (Å²) >= 11 is 5.78. The molecule has 0 unspecified atom stereocenters. The Kier molecular flexibility index (Phi) is 5.59. The lowest BCUT2D eigenvalue weighted by Crippen LogP contribution is -2.21. The Morgan fingerprint density at radius 1 is 1.17 bits per heavy atom. The highest BCUT2D eigenvalue weighted by Gasteiger charge is 2.20. The molecule has 12 heteroatoms. The molecule has 11 nitrogen and oxygen atoms in total. The zero-order valence-electron chi connectivity index (χ0n) is 15.4. The molecule has 0 radical (unpaired) electrons. The van der Waals surface area contributed by atoms with Crippen LogP contribution in [0.25, 0.3) is 0 Å². The third-order valence-corrected chi connectivity index (χ3v) is 4.22. The maximum absolute atomic E-state index is 12.5. The van der Waals surface area contributed by atoms with Gasteiger partial charge in [-0.3, -0.25) is 14.3 Å². The summed E-state index contributed by atoms with van der Waals surface area (Å²) < 4.78 is 2.78. The molecule has 0 atom stereocenters. The number of carbonyl (C=O) groups is 2. The van der Waals surface area contributed by atoms with E-state index in [-0.39, 0.29) is 17.3 Å². The minimum atomic E-state index is -0.655. The van der Waals surface area contributed by atoms with Crippen LogP contribution < -0.4 is 10.6 Å². The SMILES string of the molecule is CNC(=O)c1nn(C)cc1NC(=O)c1ccc(Cn2cc(Cl)c([N+](=O)[O-])n2)cc1. The van der Waals surface area contributed by atoms with E-state index in [1.807, 2.05) is 0 Å². The molecule has 1 aromatic carbocycles. The van der Waals surface area contributed by atoms with Crippen molar-refractivity contribution in [2.45, 2.75) is 6.54 Å². The number of hydrogen-bond acceptors (Lipinski definition) is 6. The molecule has 3 rings (SSSR count). The largest absolute Gasteiger partial charge is 0.408 e. The zero-order valence-corrected chi connectivity index (χ0v) is 16.2. The first-order valence-corrected chi connectivity index (χ1v) is 8.69. The monoisotopic (exact) mass is 417 g/mol. The Morgan fingerprint density at radius 3 is 2.45 bits per heavy atom. The number of nitro groups is 1. The summed E-state index contributed by atoms with van der Waals surface area (Å²) in [7, 11) is 3.12. The van der Waals surface area contributed by atoms with Gasteiger partial charge in [0, 0.05) is 25.9 Å².